The van der Waals surface area contributed by atoms with E-state index in [2.05, 4.69) is 4.72 Å². The molecule has 0 spiro atoms. The van der Waals surface area contributed by atoms with Crippen LogP contribution in [-0.2, 0) is 10.0 Å². The van der Waals surface area contributed by atoms with Crippen molar-refractivity contribution in [2.24, 2.45) is 0 Å². The fraction of sp³-hybridized carbons (Fsp3) is 0.368. The lowest BCUT2D eigenvalue weighted by molar-refractivity contribution is -0.384. The lowest BCUT2D eigenvalue weighted by Gasteiger charge is -2.15. The van der Waals surface area contributed by atoms with Crippen LogP contribution in [0.4, 0.5) is 5.69 Å². The second-order valence-corrected chi connectivity index (χ2v) is 8.16. The summed E-state index contributed by atoms with van der Waals surface area (Å²) in [5, 5.41) is 11.6. The molecule has 1 N–H and O–H groups in total. The van der Waals surface area contributed by atoms with Gasteiger partial charge in [0, 0.05) is 12.1 Å². The van der Waals surface area contributed by atoms with E-state index in [0.29, 0.717) is 24.0 Å². The van der Waals surface area contributed by atoms with Crippen molar-refractivity contribution in [1.29, 1.82) is 0 Å². The monoisotopic (exact) mass is 376 g/mol. The molecule has 0 saturated carbocycles. The van der Waals surface area contributed by atoms with Gasteiger partial charge in [0.1, 0.15) is 0 Å². The van der Waals surface area contributed by atoms with Gasteiger partial charge in [0.25, 0.3) is 5.69 Å². The molecule has 0 aliphatic rings. The van der Waals surface area contributed by atoms with Gasteiger partial charge in [-0.3, -0.25) is 10.1 Å². The zero-order valence-electron chi connectivity index (χ0n) is 15.4. The van der Waals surface area contributed by atoms with Crippen LogP contribution in [0.2, 0.25) is 0 Å². The lowest BCUT2D eigenvalue weighted by Crippen LogP contribution is -2.33. The Labute approximate surface area is 154 Å². The minimum atomic E-state index is -3.81. The van der Waals surface area contributed by atoms with Crippen molar-refractivity contribution in [3.8, 4) is 11.1 Å². The van der Waals surface area contributed by atoms with Gasteiger partial charge < -0.3 is 0 Å². The Kier molecular flexibility index (Phi) is 6.15. The summed E-state index contributed by atoms with van der Waals surface area (Å²) in [6, 6.07) is 9.56. The molecule has 0 unspecified atom stereocenters. The summed E-state index contributed by atoms with van der Waals surface area (Å²) < 4.78 is 27.7. The van der Waals surface area contributed by atoms with Crippen LogP contribution in [0.1, 0.15) is 37.8 Å². The second kappa shape index (κ2) is 7.97. The van der Waals surface area contributed by atoms with Crippen LogP contribution in [0, 0.1) is 24.0 Å². The summed E-state index contributed by atoms with van der Waals surface area (Å²) in [4.78, 5) is 10.9. The summed E-state index contributed by atoms with van der Waals surface area (Å²) in [5.74, 6) is 0. The van der Waals surface area contributed by atoms with Crippen LogP contribution in [0.25, 0.3) is 11.1 Å². The van der Waals surface area contributed by atoms with Gasteiger partial charge in [0.15, 0.2) is 0 Å². The molecule has 2 aromatic carbocycles. The zero-order chi connectivity index (χ0) is 19.5. The van der Waals surface area contributed by atoms with Crippen molar-refractivity contribution >= 4 is 15.7 Å². The maximum absolute atomic E-state index is 12.6. The first-order chi connectivity index (χ1) is 12.2. The third-order valence-corrected chi connectivity index (χ3v) is 5.83. The normalized spacial score (nSPS) is 11.7. The van der Waals surface area contributed by atoms with Crippen LogP contribution in [0.5, 0.6) is 0 Å². The first-order valence-corrected chi connectivity index (χ1v) is 10.1. The quantitative estimate of drug-likeness (QED) is 0.575. The van der Waals surface area contributed by atoms with Gasteiger partial charge in [-0.05, 0) is 44.4 Å². The Hall–Kier alpha value is -2.25. The van der Waals surface area contributed by atoms with E-state index in [1.807, 2.05) is 45.9 Å². The fourth-order valence-electron chi connectivity index (χ4n) is 2.95. The van der Waals surface area contributed by atoms with E-state index in [9.17, 15) is 18.5 Å². The summed E-state index contributed by atoms with van der Waals surface area (Å²) in [7, 11) is -3.81. The number of rotatable bonds is 7. The van der Waals surface area contributed by atoms with Crippen molar-refractivity contribution in [2.75, 3.05) is 0 Å². The van der Waals surface area contributed by atoms with Crippen molar-refractivity contribution in [1.82, 2.24) is 4.72 Å². The van der Waals surface area contributed by atoms with Crippen LogP contribution in [0.15, 0.2) is 41.3 Å². The molecule has 2 rings (SSSR count). The molecule has 0 atom stereocenters. The number of nitrogens with zero attached hydrogens (tertiary/aromatic N) is 1. The molecule has 0 aliphatic heterocycles. The highest BCUT2D eigenvalue weighted by Crippen LogP contribution is 2.33. The number of benzene rings is 2. The molecule has 2 aromatic rings. The third kappa shape index (κ3) is 4.47. The topological polar surface area (TPSA) is 89.3 Å². The number of nitrogens with one attached hydrogen (secondary N) is 1. The number of hydrogen-bond acceptors (Lipinski definition) is 4. The molecule has 0 fully saturated rings. The van der Waals surface area contributed by atoms with E-state index in [1.54, 1.807) is 0 Å². The molecule has 0 amide bonds. The number of aryl methyl sites for hydroxylation is 2. The van der Waals surface area contributed by atoms with Gasteiger partial charge in [-0.25, -0.2) is 13.1 Å². The van der Waals surface area contributed by atoms with E-state index < -0.39 is 14.9 Å². The Morgan fingerprint density at radius 2 is 1.62 bits per heavy atom. The van der Waals surface area contributed by atoms with Crippen molar-refractivity contribution in [3.63, 3.8) is 0 Å². The molecule has 0 aromatic heterocycles. The molecular formula is C19H24N2O4S. The van der Waals surface area contributed by atoms with Gasteiger partial charge in [-0.2, -0.15) is 0 Å². The van der Waals surface area contributed by atoms with Gasteiger partial charge in [-0.15, -0.1) is 0 Å². The SMILES string of the molecule is CCC(CC)NS(=O)(=O)c1ccc(-c2cc(C)cc(C)c2)c([N+](=O)[O-])c1. The van der Waals surface area contributed by atoms with Gasteiger partial charge in [-0.1, -0.05) is 43.2 Å². The zero-order valence-corrected chi connectivity index (χ0v) is 16.3. The van der Waals surface area contributed by atoms with E-state index in [0.717, 1.165) is 17.2 Å². The highest BCUT2D eigenvalue weighted by molar-refractivity contribution is 7.89. The number of hydrogen-bond donors (Lipinski definition) is 1. The smallest absolute Gasteiger partial charge is 0.258 e. The summed E-state index contributed by atoms with van der Waals surface area (Å²) in [6.07, 6.45) is 1.30. The minimum absolute atomic E-state index is 0.0933. The fourth-order valence-corrected chi connectivity index (χ4v) is 4.37. The largest absolute Gasteiger partial charge is 0.278 e. The minimum Gasteiger partial charge on any atom is -0.258 e. The number of sulfonamides is 1. The number of nitro groups is 1. The predicted molar refractivity (Wildman–Crippen MR) is 103 cm³/mol. The molecular weight excluding hydrogens is 352 g/mol. The van der Waals surface area contributed by atoms with Crippen molar-refractivity contribution in [3.05, 3.63) is 57.6 Å². The van der Waals surface area contributed by atoms with Crippen LogP contribution < -0.4 is 4.72 Å². The third-order valence-electron chi connectivity index (χ3n) is 4.32. The number of nitro benzene ring substituents is 1. The summed E-state index contributed by atoms with van der Waals surface area (Å²) in [6.45, 7) is 7.62. The van der Waals surface area contributed by atoms with Crippen LogP contribution >= 0.6 is 0 Å². The molecule has 26 heavy (non-hydrogen) atoms. The maximum Gasteiger partial charge on any atom is 0.278 e. The molecule has 0 heterocycles. The van der Waals surface area contributed by atoms with Gasteiger partial charge >= 0.3 is 0 Å². The van der Waals surface area contributed by atoms with Crippen molar-refractivity contribution < 1.29 is 13.3 Å². The summed E-state index contributed by atoms with van der Waals surface area (Å²) >= 11 is 0. The molecule has 140 valence electrons. The maximum atomic E-state index is 12.6. The molecule has 0 bridgehead atoms. The molecule has 7 heteroatoms. The molecule has 0 radical (unpaired) electrons. The lowest BCUT2D eigenvalue weighted by atomic mass is 9.99. The average molecular weight is 376 g/mol. The Morgan fingerprint density at radius 1 is 1.04 bits per heavy atom. The van der Waals surface area contributed by atoms with Gasteiger partial charge in [0.2, 0.25) is 10.0 Å². The second-order valence-electron chi connectivity index (χ2n) is 6.45. The van der Waals surface area contributed by atoms with Gasteiger partial charge in [0.05, 0.1) is 15.4 Å². The highest BCUT2D eigenvalue weighted by atomic mass is 32.2. The molecule has 6 nitrogen and oxygen atoms in total. The Morgan fingerprint density at radius 3 is 2.12 bits per heavy atom. The Bertz CT molecular complexity index is 899. The first-order valence-electron chi connectivity index (χ1n) is 8.57. The van der Waals surface area contributed by atoms with E-state index in [-0.39, 0.29) is 16.6 Å². The van der Waals surface area contributed by atoms with Crippen molar-refractivity contribution in [2.45, 2.75) is 51.5 Å². The van der Waals surface area contributed by atoms with Crippen LogP contribution in [0.3, 0.4) is 0 Å². The molecule has 0 saturated heterocycles. The molecule has 0 aliphatic carbocycles. The van der Waals surface area contributed by atoms with E-state index in [1.165, 1.54) is 12.1 Å². The highest BCUT2D eigenvalue weighted by Gasteiger charge is 2.24. The average Bonchev–Trinajstić information content (AvgIpc) is 2.58. The predicted octanol–water partition coefficient (Wildman–Crippen LogP) is 4.35. The summed E-state index contributed by atoms with van der Waals surface area (Å²) in [5.41, 5.74) is 2.86. The standard InChI is InChI=1S/C19H24N2O4S/c1-5-16(6-2)20-26(24,25)17-7-8-18(19(12-17)21(22)23)15-10-13(3)9-14(4)11-15/h7-12,16,20H,5-6H2,1-4H3. The first kappa shape index (κ1) is 20.1. The van der Waals surface area contributed by atoms with Crippen LogP contribution in [-0.4, -0.2) is 19.4 Å². The van der Waals surface area contributed by atoms with E-state index in [4.69, 9.17) is 0 Å². The van der Waals surface area contributed by atoms with E-state index >= 15 is 0 Å². The Balaban J connectivity index is 2.54.